The standard InChI is InChI=1S/C14H17ClN2O4S/c1-2-16-14(20)17-12(18)9-21-13(19)7-8-22-11-5-3-10(15)4-6-11/h3-6H,2,7-9H2,1H3,(H2,16,17,18,20). The van der Waals surface area contributed by atoms with Crippen LogP contribution in [0.2, 0.25) is 5.02 Å². The Morgan fingerprint density at radius 2 is 1.91 bits per heavy atom. The van der Waals surface area contributed by atoms with Crippen LogP contribution in [0.4, 0.5) is 4.79 Å². The summed E-state index contributed by atoms with van der Waals surface area (Å²) in [4.78, 5) is 34.8. The third-order valence-electron chi connectivity index (χ3n) is 2.34. The number of urea groups is 1. The highest BCUT2D eigenvalue weighted by atomic mass is 35.5. The van der Waals surface area contributed by atoms with Crippen LogP contribution in [0, 0.1) is 0 Å². The van der Waals surface area contributed by atoms with Gasteiger partial charge in [-0.3, -0.25) is 14.9 Å². The Morgan fingerprint density at radius 3 is 2.55 bits per heavy atom. The first kappa shape index (κ1) is 18.3. The van der Waals surface area contributed by atoms with Gasteiger partial charge in [0.05, 0.1) is 6.42 Å². The number of ether oxygens (including phenoxy) is 1. The zero-order valence-electron chi connectivity index (χ0n) is 12.1. The minimum atomic E-state index is -0.662. The fourth-order valence-corrected chi connectivity index (χ4v) is 2.33. The van der Waals surface area contributed by atoms with E-state index in [0.717, 1.165) is 4.90 Å². The van der Waals surface area contributed by atoms with Gasteiger partial charge in [0.2, 0.25) is 0 Å². The second-order valence-corrected chi connectivity index (χ2v) is 5.73. The number of hydrogen-bond donors (Lipinski definition) is 2. The number of esters is 1. The third-order valence-corrected chi connectivity index (χ3v) is 3.61. The maximum atomic E-state index is 11.5. The molecule has 1 aromatic rings. The predicted octanol–water partition coefficient (Wildman–Crippen LogP) is 2.21. The van der Waals surface area contributed by atoms with Crippen LogP contribution in [0.3, 0.4) is 0 Å². The fourth-order valence-electron chi connectivity index (χ4n) is 1.37. The van der Waals surface area contributed by atoms with Crippen molar-refractivity contribution >= 4 is 41.3 Å². The molecule has 0 aliphatic heterocycles. The van der Waals surface area contributed by atoms with Crippen LogP contribution in [0.15, 0.2) is 29.2 Å². The Kier molecular flexibility index (Phi) is 8.39. The molecule has 2 N–H and O–H groups in total. The lowest BCUT2D eigenvalue weighted by Gasteiger charge is -2.06. The molecule has 1 aromatic carbocycles. The van der Waals surface area contributed by atoms with Crippen LogP contribution in [-0.4, -0.2) is 36.8 Å². The van der Waals surface area contributed by atoms with Crippen molar-refractivity contribution < 1.29 is 19.1 Å². The molecule has 0 radical (unpaired) electrons. The molecule has 8 heteroatoms. The van der Waals surface area contributed by atoms with Crippen LogP contribution in [0.5, 0.6) is 0 Å². The minimum absolute atomic E-state index is 0.168. The van der Waals surface area contributed by atoms with E-state index >= 15 is 0 Å². The number of hydrogen-bond acceptors (Lipinski definition) is 5. The predicted molar refractivity (Wildman–Crippen MR) is 85.0 cm³/mol. The number of thioether (sulfide) groups is 1. The van der Waals surface area contributed by atoms with E-state index in [0.29, 0.717) is 17.3 Å². The lowest BCUT2D eigenvalue weighted by atomic mass is 10.4. The molecule has 6 nitrogen and oxygen atoms in total. The highest BCUT2D eigenvalue weighted by Gasteiger charge is 2.10. The maximum Gasteiger partial charge on any atom is 0.321 e. The van der Waals surface area contributed by atoms with E-state index in [1.54, 1.807) is 19.1 Å². The van der Waals surface area contributed by atoms with E-state index in [9.17, 15) is 14.4 Å². The smallest absolute Gasteiger partial charge is 0.321 e. The van der Waals surface area contributed by atoms with Crippen molar-refractivity contribution in [2.45, 2.75) is 18.2 Å². The summed E-state index contributed by atoms with van der Waals surface area (Å²) in [6.45, 7) is 1.66. The molecule has 0 saturated carbocycles. The summed E-state index contributed by atoms with van der Waals surface area (Å²) in [6, 6.07) is 6.65. The van der Waals surface area contributed by atoms with Crippen LogP contribution >= 0.6 is 23.4 Å². The molecule has 0 spiro atoms. The Hall–Kier alpha value is -1.73. The fraction of sp³-hybridized carbons (Fsp3) is 0.357. The Morgan fingerprint density at radius 1 is 1.23 bits per heavy atom. The lowest BCUT2D eigenvalue weighted by Crippen LogP contribution is -2.41. The minimum Gasteiger partial charge on any atom is -0.456 e. The van der Waals surface area contributed by atoms with Crippen LogP contribution < -0.4 is 10.6 Å². The van der Waals surface area contributed by atoms with Gasteiger partial charge in [-0.1, -0.05) is 11.6 Å². The van der Waals surface area contributed by atoms with Crippen molar-refractivity contribution in [2.75, 3.05) is 18.9 Å². The molecule has 3 amide bonds. The molecule has 0 bridgehead atoms. The molecular formula is C14H17ClN2O4S. The molecule has 22 heavy (non-hydrogen) atoms. The topological polar surface area (TPSA) is 84.5 Å². The van der Waals surface area contributed by atoms with Crippen LogP contribution in [0.25, 0.3) is 0 Å². The maximum absolute atomic E-state index is 11.5. The first-order valence-electron chi connectivity index (χ1n) is 6.63. The molecule has 0 fully saturated rings. The van der Waals surface area contributed by atoms with Gasteiger partial charge in [0.15, 0.2) is 6.61 Å². The summed E-state index contributed by atoms with van der Waals surface area (Å²) < 4.78 is 4.77. The number of nitrogens with one attached hydrogen (secondary N) is 2. The van der Waals surface area contributed by atoms with Crippen molar-refractivity contribution in [1.29, 1.82) is 0 Å². The van der Waals surface area contributed by atoms with Crippen molar-refractivity contribution in [3.8, 4) is 0 Å². The summed E-state index contributed by atoms with van der Waals surface area (Å²) >= 11 is 7.26. The molecule has 0 atom stereocenters. The Labute approximate surface area is 137 Å². The van der Waals surface area contributed by atoms with E-state index in [-0.39, 0.29) is 6.42 Å². The summed E-state index contributed by atoms with van der Waals surface area (Å²) in [7, 11) is 0. The number of benzene rings is 1. The molecule has 0 saturated heterocycles. The van der Waals surface area contributed by atoms with Crippen LogP contribution in [-0.2, 0) is 14.3 Å². The Bertz CT molecular complexity index is 522. The number of halogens is 1. The van der Waals surface area contributed by atoms with Crippen molar-refractivity contribution in [3.05, 3.63) is 29.3 Å². The van der Waals surface area contributed by atoms with Crippen molar-refractivity contribution in [3.63, 3.8) is 0 Å². The van der Waals surface area contributed by atoms with Gasteiger partial charge in [-0.2, -0.15) is 0 Å². The summed E-state index contributed by atoms with van der Waals surface area (Å²) in [6.07, 6.45) is 0.168. The molecule has 0 heterocycles. The van der Waals surface area contributed by atoms with E-state index in [1.165, 1.54) is 11.8 Å². The van der Waals surface area contributed by atoms with Crippen LogP contribution in [0.1, 0.15) is 13.3 Å². The molecule has 120 valence electrons. The first-order valence-corrected chi connectivity index (χ1v) is 7.99. The van der Waals surface area contributed by atoms with Gasteiger partial charge in [-0.05, 0) is 31.2 Å². The molecule has 1 rings (SSSR count). The van der Waals surface area contributed by atoms with E-state index < -0.39 is 24.5 Å². The average Bonchev–Trinajstić information content (AvgIpc) is 2.47. The summed E-state index contributed by atoms with van der Waals surface area (Å²) in [5, 5.41) is 5.09. The number of carbonyl (C=O) groups excluding carboxylic acids is 3. The number of rotatable bonds is 7. The summed E-state index contributed by atoms with van der Waals surface area (Å²) in [5.41, 5.74) is 0. The highest BCUT2D eigenvalue weighted by Crippen LogP contribution is 2.20. The molecule has 0 aliphatic carbocycles. The van der Waals surface area contributed by atoms with E-state index in [2.05, 4.69) is 5.32 Å². The molecular weight excluding hydrogens is 328 g/mol. The van der Waals surface area contributed by atoms with Gasteiger partial charge in [0.25, 0.3) is 5.91 Å². The molecule has 0 unspecified atom stereocenters. The molecule has 0 aliphatic rings. The molecule has 0 aromatic heterocycles. The normalized spacial score (nSPS) is 9.91. The van der Waals surface area contributed by atoms with E-state index in [4.69, 9.17) is 16.3 Å². The van der Waals surface area contributed by atoms with Crippen molar-refractivity contribution in [1.82, 2.24) is 10.6 Å². The zero-order valence-corrected chi connectivity index (χ0v) is 13.6. The van der Waals surface area contributed by atoms with Gasteiger partial charge in [-0.15, -0.1) is 11.8 Å². The van der Waals surface area contributed by atoms with Gasteiger partial charge in [-0.25, -0.2) is 4.79 Å². The number of imide groups is 1. The van der Waals surface area contributed by atoms with Gasteiger partial charge < -0.3 is 10.1 Å². The van der Waals surface area contributed by atoms with Gasteiger partial charge in [0.1, 0.15) is 0 Å². The first-order chi connectivity index (χ1) is 10.5. The van der Waals surface area contributed by atoms with E-state index in [1.807, 2.05) is 17.4 Å². The second-order valence-electron chi connectivity index (χ2n) is 4.12. The zero-order chi connectivity index (χ0) is 16.4. The highest BCUT2D eigenvalue weighted by molar-refractivity contribution is 7.99. The SMILES string of the molecule is CCNC(=O)NC(=O)COC(=O)CCSc1ccc(Cl)cc1. The largest absolute Gasteiger partial charge is 0.456 e. The monoisotopic (exact) mass is 344 g/mol. The second kappa shape index (κ2) is 10.1. The summed E-state index contributed by atoms with van der Waals surface area (Å²) in [5.74, 6) is -0.629. The number of carbonyl (C=O) groups is 3. The number of amides is 3. The average molecular weight is 345 g/mol. The lowest BCUT2D eigenvalue weighted by molar-refractivity contribution is -0.147. The van der Waals surface area contributed by atoms with Crippen molar-refractivity contribution in [2.24, 2.45) is 0 Å². The van der Waals surface area contributed by atoms with Gasteiger partial charge >= 0.3 is 12.0 Å². The third kappa shape index (κ3) is 7.90. The van der Waals surface area contributed by atoms with Gasteiger partial charge in [0, 0.05) is 22.2 Å². The Balaban J connectivity index is 2.16. The quantitative estimate of drug-likeness (QED) is 0.585.